The number of aromatic nitrogens is 2. The normalized spacial score (nSPS) is 18.4. The molecule has 122 valence electrons. The van der Waals surface area contributed by atoms with Gasteiger partial charge in [-0.15, -0.1) is 0 Å². The number of furan rings is 1. The summed E-state index contributed by atoms with van der Waals surface area (Å²) in [5, 5.41) is 3.02. The van der Waals surface area contributed by atoms with E-state index >= 15 is 0 Å². The molecule has 0 atom stereocenters. The van der Waals surface area contributed by atoms with Crippen molar-refractivity contribution in [3.05, 3.63) is 41.9 Å². The van der Waals surface area contributed by atoms with Gasteiger partial charge in [0.25, 0.3) is 0 Å². The number of amides is 1. The minimum Gasteiger partial charge on any atom is -0.472 e. The molecule has 1 saturated carbocycles. The summed E-state index contributed by atoms with van der Waals surface area (Å²) < 4.78 is 7.33. The van der Waals surface area contributed by atoms with Gasteiger partial charge in [0.05, 0.1) is 31.3 Å². The molecule has 3 heterocycles. The molecule has 2 aliphatic rings. The van der Waals surface area contributed by atoms with E-state index < -0.39 is 0 Å². The fraction of sp³-hybridized carbons (Fsp3) is 0.529. The van der Waals surface area contributed by atoms with E-state index in [1.54, 1.807) is 12.5 Å². The van der Waals surface area contributed by atoms with E-state index in [1.165, 1.54) is 12.0 Å². The number of rotatable bonds is 5. The molecule has 6 nitrogen and oxygen atoms in total. The minimum absolute atomic E-state index is 0.184. The molecule has 0 unspecified atom stereocenters. The van der Waals surface area contributed by atoms with Crippen LogP contribution >= 0.6 is 0 Å². The van der Waals surface area contributed by atoms with Crippen LogP contribution in [-0.2, 0) is 31.0 Å². The predicted molar refractivity (Wildman–Crippen MR) is 84.2 cm³/mol. The Bertz CT molecular complexity index is 673. The van der Waals surface area contributed by atoms with Crippen LogP contribution in [-0.4, -0.2) is 26.9 Å². The Morgan fingerprint density at radius 2 is 2.30 bits per heavy atom. The molecule has 0 radical (unpaired) electrons. The number of hydrogen-bond acceptors (Lipinski definition) is 4. The van der Waals surface area contributed by atoms with E-state index in [-0.39, 0.29) is 11.8 Å². The first-order valence-electron chi connectivity index (χ1n) is 8.34. The van der Waals surface area contributed by atoms with E-state index in [9.17, 15) is 4.79 Å². The van der Waals surface area contributed by atoms with Crippen molar-refractivity contribution in [1.29, 1.82) is 0 Å². The Morgan fingerprint density at radius 3 is 3.04 bits per heavy atom. The second-order valence-corrected chi connectivity index (χ2v) is 6.53. The first-order chi connectivity index (χ1) is 11.3. The summed E-state index contributed by atoms with van der Waals surface area (Å²) in [4.78, 5) is 19.0. The van der Waals surface area contributed by atoms with Crippen LogP contribution in [0.4, 0.5) is 0 Å². The largest absolute Gasteiger partial charge is 0.472 e. The van der Waals surface area contributed by atoms with Gasteiger partial charge in [0.15, 0.2) is 0 Å². The molecule has 2 aromatic rings. The topological polar surface area (TPSA) is 63.3 Å². The van der Waals surface area contributed by atoms with E-state index in [1.807, 2.05) is 6.07 Å². The summed E-state index contributed by atoms with van der Waals surface area (Å²) in [5.74, 6) is 1.49. The fourth-order valence-electron chi connectivity index (χ4n) is 3.21. The Labute approximate surface area is 135 Å². The number of imidazole rings is 1. The molecule has 4 rings (SSSR count). The maximum atomic E-state index is 11.9. The third kappa shape index (κ3) is 3.17. The van der Waals surface area contributed by atoms with Crippen LogP contribution in [0.2, 0.25) is 0 Å². The third-order valence-electron chi connectivity index (χ3n) is 4.84. The summed E-state index contributed by atoms with van der Waals surface area (Å²) in [6, 6.07) is 2.00. The van der Waals surface area contributed by atoms with Gasteiger partial charge < -0.3 is 14.3 Å². The van der Waals surface area contributed by atoms with Crippen molar-refractivity contribution >= 4 is 5.91 Å². The first kappa shape index (κ1) is 14.5. The number of carbonyl (C=O) groups excluding carboxylic acids is 1. The Hall–Kier alpha value is -2.08. The lowest BCUT2D eigenvalue weighted by atomic mass is 9.85. The second kappa shape index (κ2) is 6.20. The van der Waals surface area contributed by atoms with E-state index in [0.29, 0.717) is 6.54 Å². The summed E-state index contributed by atoms with van der Waals surface area (Å²) in [6.45, 7) is 4.20. The molecule has 2 aromatic heterocycles. The van der Waals surface area contributed by atoms with Gasteiger partial charge in [0.1, 0.15) is 5.82 Å². The van der Waals surface area contributed by atoms with Gasteiger partial charge in [0.2, 0.25) is 5.91 Å². The van der Waals surface area contributed by atoms with Gasteiger partial charge in [-0.05, 0) is 18.9 Å². The van der Waals surface area contributed by atoms with Gasteiger partial charge in [-0.25, -0.2) is 4.98 Å². The van der Waals surface area contributed by atoms with Gasteiger partial charge in [-0.1, -0.05) is 6.42 Å². The molecular formula is C17H22N4O2. The molecule has 23 heavy (non-hydrogen) atoms. The lowest BCUT2D eigenvalue weighted by molar-refractivity contribution is -0.127. The minimum atomic E-state index is 0.184. The number of fused-ring (bicyclic) bond motifs is 1. The molecule has 1 fully saturated rings. The molecule has 1 aliphatic heterocycles. The molecule has 0 aromatic carbocycles. The SMILES string of the molecule is O=C(NCc1cn2c(n1)CN(Cc1ccoc1)CC2)C1CCC1. The van der Waals surface area contributed by atoms with E-state index in [2.05, 4.69) is 26.0 Å². The van der Waals surface area contributed by atoms with Crippen molar-refractivity contribution in [3.63, 3.8) is 0 Å². The highest BCUT2D eigenvalue weighted by Gasteiger charge is 2.25. The fourth-order valence-corrected chi connectivity index (χ4v) is 3.21. The van der Waals surface area contributed by atoms with Crippen molar-refractivity contribution in [2.45, 2.75) is 45.4 Å². The van der Waals surface area contributed by atoms with Crippen LogP contribution in [0.5, 0.6) is 0 Å². The highest BCUT2D eigenvalue weighted by molar-refractivity contribution is 5.79. The van der Waals surface area contributed by atoms with E-state index in [0.717, 1.165) is 50.5 Å². The predicted octanol–water partition coefficient (Wildman–Crippen LogP) is 1.91. The lowest BCUT2D eigenvalue weighted by Gasteiger charge is -2.26. The molecule has 0 bridgehead atoms. The van der Waals surface area contributed by atoms with Crippen LogP contribution in [0, 0.1) is 5.92 Å². The van der Waals surface area contributed by atoms with Gasteiger partial charge >= 0.3 is 0 Å². The Morgan fingerprint density at radius 1 is 1.39 bits per heavy atom. The maximum Gasteiger partial charge on any atom is 0.223 e. The standard InChI is InChI=1S/C17H22N4O2/c22-17(14-2-1-3-14)18-8-15-10-21-6-5-20(11-16(21)19-15)9-13-4-7-23-12-13/h4,7,10,12,14H,1-3,5-6,8-9,11H2,(H,18,22). The van der Waals surface area contributed by atoms with Crippen LogP contribution in [0.15, 0.2) is 29.2 Å². The van der Waals surface area contributed by atoms with Crippen molar-refractivity contribution in [2.24, 2.45) is 5.92 Å². The smallest absolute Gasteiger partial charge is 0.223 e. The summed E-state index contributed by atoms with van der Waals surface area (Å²) in [5.41, 5.74) is 2.15. The zero-order valence-corrected chi connectivity index (χ0v) is 13.2. The van der Waals surface area contributed by atoms with Crippen molar-refractivity contribution in [2.75, 3.05) is 6.54 Å². The summed E-state index contributed by atoms with van der Waals surface area (Å²) in [6.07, 6.45) is 8.84. The molecular weight excluding hydrogens is 292 g/mol. The molecule has 0 spiro atoms. The Kier molecular flexibility index (Phi) is 3.91. The monoisotopic (exact) mass is 314 g/mol. The number of carbonyl (C=O) groups is 1. The van der Waals surface area contributed by atoms with Crippen LogP contribution in [0.1, 0.15) is 36.3 Å². The average molecular weight is 314 g/mol. The van der Waals surface area contributed by atoms with Gasteiger partial charge in [-0.3, -0.25) is 9.69 Å². The summed E-state index contributed by atoms with van der Waals surface area (Å²) in [7, 11) is 0. The molecule has 1 amide bonds. The summed E-state index contributed by atoms with van der Waals surface area (Å²) >= 11 is 0. The molecule has 6 heteroatoms. The maximum absolute atomic E-state index is 11.9. The zero-order valence-electron chi connectivity index (χ0n) is 13.2. The first-order valence-corrected chi connectivity index (χ1v) is 8.34. The van der Waals surface area contributed by atoms with Crippen molar-refractivity contribution in [3.8, 4) is 0 Å². The van der Waals surface area contributed by atoms with E-state index in [4.69, 9.17) is 4.42 Å². The van der Waals surface area contributed by atoms with Crippen LogP contribution in [0.3, 0.4) is 0 Å². The van der Waals surface area contributed by atoms with Gasteiger partial charge in [0, 0.05) is 37.3 Å². The zero-order chi connectivity index (χ0) is 15.6. The quantitative estimate of drug-likeness (QED) is 0.915. The average Bonchev–Trinajstić information content (AvgIpc) is 3.12. The second-order valence-electron chi connectivity index (χ2n) is 6.53. The van der Waals surface area contributed by atoms with Gasteiger partial charge in [-0.2, -0.15) is 0 Å². The third-order valence-corrected chi connectivity index (χ3v) is 4.84. The number of nitrogens with zero attached hydrogens (tertiary/aromatic N) is 3. The lowest BCUT2D eigenvalue weighted by Crippen LogP contribution is -2.34. The Balaban J connectivity index is 1.34. The van der Waals surface area contributed by atoms with Crippen molar-refractivity contribution < 1.29 is 9.21 Å². The van der Waals surface area contributed by atoms with Crippen molar-refractivity contribution in [1.82, 2.24) is 19.8 Å². The molecule has 0 saturated heterocycles. The highest BCUT2D eigenvalue weighted by atomic mass is 16.3. The molecule has 1 aliphatic carbocycles. The van der Waals surface area contributed by atoms with Crippen LogP contribution < -0.4 is 5.32 Å². The number of nitrogens with one attached hydrogen (secondary N) is 1. The number of hydrogen-bond donors (Lipinski definition) is 1. The van der Waals surface area contributed by atoms with Crippen LogP contribution in [0.25, 0.3) is 0 Å². The molecule has 1 N–H and O–H groups in total. The highest BCUT2D eigenvalue weighted by Crippen LogP contribution is 2.26.